The minimum absolute atomic E-state index is 0.123. The van der Waals surface area contributed by atoms with Gasteiger partial charge in [-0.15, -0.1) is 0 Å². The molecule has 0 fully saturated rings. The first kappa shape index (κ1) is 14.5. The SMILES string of the molecule is CCCCC(CCC)Nc1nc(Cl)nc(Cl)n1. The van der Waals surface area contributed by atoms with E-state index in [4.69, 9.17) is 23.2 Å². The number of anilines is 1. The zero-order chi connectivity index (χ0) is 12.7. The third-order valence-electron chi connectivity index (χ3n) is 2.46. The van der Waals surface area contributed by atoms with Crippen molar-refractivity contribution in [2.45, 2.75) is 52.0 Å². The van der Waals surface area contributed by atoms with Crippen molar-refractivity contribution >= 4 is 29.2 Å². The van der Waals surface area contributed by atoms with Gasteiger partial charge in [0.2, 0.25) is 16.5 Å². The Hall–Kier alpha value is -0.610. The van der Waals surface area contributed by atoms with E-state index in [1.165, 1.54) is 12.8 Å². The van der Waals surface area contributed by atoms with Crippen molar-refractivity contribution in [1.29, 1.82) is 0 Å². The lowest BCUT2D eigenvalue weighted by atomic mass is 10.1. The second kappa shape index (κ2) is 7.67. The molecule has 1 heterocycles. The van der Waals surface area contributed by atoms with Crippen LogP contribution in [0, 0.1) is 0 Å². The maximum Gasteiger partial charge on any atom is 0.228 e. The molecule has 0 aromatic carbocycles. The molecule has 0 saturated carbocycles. The Morgan fingerprint density at radius 1 is 1.00 bits per heavy atom. The molecule has 0 spiro atoms. The molecular formula is C11H18Cl2N4. The summed E-state index contributed by atoms with van der Waals surface area (Å²) >= 11 is 11.5. The second-order valence-corrected chi connectivity index (χ2v) is 4.65. The molecule has 4 nitrogen and oxygen atoms in total. The van der Waals surface area contributed by atoms with Gasteiger partial charge in [-0.25, -0.2) is 0 Å². The maximum atomic E-state index is 5.73. The molecule has 1 aromatic heterocycles. The molecule has 0 saturated heterocycles. The summed E-state index contributed by atoms with van der Waals surface area (Å²) in [6, 6.07) is 0.370. The second-order valence-electron chi connectivity index (χ2n) is 3.97. The van der Waals surface area contributed by atoms with Crippen molar-refractivity contribution in [2.75, 3.05) is 5.32 Å². The number of halogens is 2. The first-order valence-corrected chi connectivity index (χ1v) is 6.74. The molecule has 1 N–H and O–H groups in total. The van der Waals surface area contributed by atoms with E-state index in [9.17, 15) is 0 Å². The van der Waals surface area contributed by atoms with Crippen molar-refractivity contribution in [3.05, 3.63) is 10.6 Å². The minimum atomic E-state index is 0.123. The molecule has 6 heteroatoms. The molecule has 0 aliphatic carbocycles. The van der Waals surface area contributed by atoms with Gasteiger partial charge in [0.15, 0.2) is 0 Å². The maximum absolute atomic E-state index is 5.73. The summed E-state index contributed by atoms with van der Waals surface area (Å²) in [5, 5.41) is 3.51. The summed E-state index contributed by atoms with van der Waals surface area (Å²) in [6.07, 6.45) is 5.67. The first-order chi connectivity index (χ1) is 8.15. The van der Waals surface area contributed by atoms with Crippen molar-refractivity contribution in [2.24, 2.45) is 0 Å². The lowest BCUT2D eigenvalue weighted by molar-refractivity contribution is 0.560. The molecule has 0 aliphatic rings. The van der Waals surface area contributed by atoms with E-state index < -0.39 is 0 Å². The predicted molar refractivity (Wildman–Crippen MR) is 71.7 cm³/mol. The highest BCUT2D eigenvalue weighted by Crippen LogP contribution is 2.15. The third-order valence-corrected chi connectivity index (χ3v) is 2.80. The largest absolute Gasteiger partial charge is 0.351 e. The highest BCUT2D eigenvalue weighted by atomic mass is 35.5. The van der Waals surface area contributed by atoms with Crippen molar-refractivity contribution in [3.63, 3.8) is 0 Å². The van der Waals surface area contributed by atoms with Gasteiger partial charge < -0.3 is 5.32 Å². The Balaban J connectivity index is 2.63. The zero-order valence-corrected chi connectivity index (χ0v) is 11.7. The third kappa shape index (κ3) is 5.50. The molecule has 0 radical (unpaired) electrons. The Morgan fingerprint density at radius 2 is 1.65 bits per heavy atom. The fourth-order valence-electron chi connectivity index (χ4n) is 1.66. The normalized spacial score (nSPS) is 12.5. The lowest BCUT2D eigenvalue weighted by Crippen LogP contribution is -2.21. The topological polar surface area (TPSA) is 50.7 Å². The van der Waals surface area contributed by atoms with Crippen LogP contribution in [-0.4, -0.2) is 21.0 Å². The van der Waals surface area contributed by atoms with E-state index in [1.54, 1.807) is 0 Å². The van der Waals surface area contributed by atoms with Crippen molar-refractivity contribution in [1.82, 2.24) is 15.0 Å². The van der Waals surface area contributed by atoms with Crippen LogP contribution in [-0.2, 0) is 0 Å². The van der Waals surface area contributed by atoms with E-state index in [1.807, 2.05) is 0 Å². The van der Waals surface area contributed by atoms with E-state index in [0.717, 1.165) is 19.3 Å². The molecule has 1 aromatic rings. The van der Waals surface area contributed by atoms with Crippen molar-refractivity contribution < 1.29 is 0 Å². The standard InChI is InChI=1S/C11H18Cl2N4/c1-3-5-7-8(6-4-2)14-11-16-9(12)15-10(13)17-11/h8H,3-7H2,1-2H3,(H,14,15,16,17). The predicted octanol–water partition coefficient (Wildman–Crippen LogP) is 3.95. The quantitative estimate of drug-likeness (QED) is 0.819. The number of hydrogen-bond acceptors (Lipinski definition) is 4. The van der Waals surface area contributed by atoms with E-state index in [-0.39, 0.29) is 10.6 Å². The summed E-state index contributed by atoms with van der Waals surface area (Å²) in [4.78, 5) is 11.7. The summed E-state index contributed by atoms with van der Waals surface area (Å²) in [5.74, 6) is 0.463. The smallest absolute Gasteiger partial charge is 0.228 e. The Morgan fingerprint density at radius 3 is 2.18 bits per heavy atom. The number of nitrogens with one attached hydrogen (secondary N) is 1. The van der Waals surface area contributed by atoms with E-state index in [0.29, 0.717) is 12.0 Å². The van der Waals surface area contributed by atoms with E-state index in [2.05, 4.69) is 34.1 Å². The lowest BCUT2D eigenvalue weighted by Gasteiger charge is -2.17. The number of hydrogen-bond donors (Lipinski definition) is 1. The van der Waals surface area contributed by atoms with Gasteiger partial charge in [-0.1, -0.05) is 33.1 Å². The number of aromatic nitrogens is 3. The Labute approximate surface area is 112 Å². The zero-order valence-electron chi connectivity index (χ0n) is 10.2. The van der Waals surface area contributed by atoms with Crippen LogP contribution in [0.3, 0.4) is 0 Å². The van der Waals surface area contributed by atoms with Crippen LogP contribution in [0.1, 0.15) is 46.0 Å². The number of nitrogens with zero attached hydrogens (tertiary/aromatic N) is 3. The molecule has 0 bridgehead atoms. The van der Waals surface area contributed by atoms with E-state index >= 15 is 0 Å². The monoisotopic (exact) mass is 276 g/mol. The highest BCUT2D eigenvalue weighted by molar-refractivity contribution is 6.31. The van der Waals surface area contributed by atoms with Gasteiger partial charge in [-0.3, -0.25) is 0 Å². The number of unbranched alkanes of at least 4 members (excludes halogenated alkanes) is 1. The van der Waals surface area contributed by atoms with Crippen molar-refractivity contribution in [3.8, 4) is 0 Å². The Kier molecular flexibility index (Phi) is 6.52. The van der Waals surface area contributed by atoms with Crippen LogP contribution in [0.5, 0.6) is 0 Å². The molecule has 96 valence electrons. The minimum Gasteiger partial charge on any atom is -0.351 e. The van der Waals surface area contributed by atoms with Crippen LogP contribution in [0.15, 0.2) is 0 Å². The Bertz CT molecular complexity index is 326. The molecule has 1 atom stereocenters. The van der Waals surface area contributed by atoms with Gasteiger partial charge >= 0.3 is 0 Å². The highest BCUT2D eigenvalue weighted by Gasteiger charge is 2.10. The van der Waals surface area contributed by atoms with Gasteiger partial charge in [0.25, 0.3) is 0 Å². The van der Waals surface area contributed by atoms with Gasteiger partial charge in [0, 0.05) is 6.04 Å². The summed E-state index contributed by atoms with van der Waals surface area (Å²) in [7, 11) is 0. The summed E-state index contributed by atoms with van der Waals surface area (Å²) in [6.45, 7) is 4.34. The van der Waals surface area contributed by atoms with Gasteiger partial charge in [0.05, 0.1) is 0 Å². The van der Waals surface area contributed by atoms with Gasteiger partial charge in [0.1, 0.15) is 0 Å². The van der Waals surface area contributed by atoms with Crippen LogP contribution < -0.4 is 5.32 Å². The summed E-state index contributed by atoms with van der Waals surface area (Å²) < 4.78 is 0. The molecule has 1 rings (SSSR count). The van der Waals surface area contributed by atoms with Crippen LogP contribution >= 0.6 is 23.2 Å². The fourth-order valence-corrected chi connectivity index (χ4v) is 2.02. The molecule has 17 heavy (non-hydrogen) atoms. The molecule has 0 amide bonds. The average molecular weight is 277 g/mol. The molecule has 1 unspecified atom stereocenters. The van der Waals surface area contributed by atoms with Crippen LogP contribution in [0.25, 0.3) is 0 Å². The van der Waals surface area contributed by atoms with Gasteiger partial charge in [-0.2, -0.15) is 15.0 Å². The molecular weight excluding hydrogens is 259 g/mol. The summed E-state index contributed by atoms with van der Waals surface area (Å²) in [5.41, 5.74) is 0. The first-order valence-electron chi connectivity index (χ1n) is 5.99. The fraction of sp³-hybridized carbons (Fsp3) is 0.727. The van der Waals surface area contributed by atoms with Gasteiger partial charge in [-0.05, 0) is 36.0 Å². The molecule has 0 aliphatic heterocycles. The van der Waals surface area contributed by atoms with Crippen LogP contribution in [0.2, 0.25) is 10.6 Å². The number of rotatable bonds is 7. The van der Waals surface area contributed by atoms with Crippen LogP contribution in [0.4, 0.5) is 5.95 Å². The average Bonchev–Trinajstić information content (AvgIpc) is 2.24.